The number of amides is 2. The molecule has 0 bridgehead atoms. The second kappa shape index (κ2) is 6.19. The van der Waals surface area contributed by atoms with E-state index in [0.29, 0.717) is 24.7 Å². The van der Waals surface area contributed by atoms with Crippen molar-refractivity contribution in [3.05, 3.63) is 47.7 Å². The Morgan fingerprint density at radius 1 is 1.41 bits per heavy atom. The lowest BCUT2D eigenvalue weighted by atomic mass is 9.97. The Morgan fingerprint density at radius 2 is 2.18 bits per heavy atom. The van der Waals surface area contributed by atoms with Crippen LogP contribution >= 0.6 is 0 Å². The van der Waals surface area contributed by atoms with E-state index in [1.165, 1.54) is 5.56 Å². The molecule has 6 heteroatoms. The van der Waals surface area contributed by atoms with Crippen molar-refractivity contribution in [3.8, 4) is 0 Å². The number of rotatable bonds is 3. The predicted octanol–water partition coefficient (Wildman–Crippen LogP) is 2.05. The van der Waals surface area contributed by atoms with Crippen molar-refractivity contribution in [2.45, 2.75) is 19.4 Å². The number of nitrogens with one attached hydrogen (secondary N) is 1. The highest BCUT2D eigenvalue weighted by Gasteiger charge is 2.34. The Bertz CT molecular complexity index is 641. The SMILES string of the molecule is Cc1cc(NC(=O)N2C[C@H](Cc3ccccc3)[C@@H](O)C2)no1. The smallest absolute Gasteiger partial charge is 0.323 e. The van der Waals surface area contributed by atoms with Crippen LogP contribution in [0, 0.1) is 12.8 Å². The number of hydrogen-bond donors (Lipinski definition) is 2. The number of nitrogens with zero attached hydrogens (tertiary/aromatic N) is 2. The average Bonchev–Trinajstić information content (AvgIpc) is 3.07. The molecule has 2 amide bonds. The monoisotopic (exact) mass is 301 g/mol. The van der Waals surface area contributed by atoms with Gasteiger partial charge in [0.25, 0.3) is 0 Å². The first kappa shape index (κ1) is 14.6. The van der Waals surface area contributed by atoms with Gasteiger partial charge in [-0.05, 0) is 18.9 Å². The Labute approximate surface area is 128 Å². The van der Waals surface area contributed by atoms with Crippen molar-refractivity contribution in [3.63, 3.8) is 0 Å². The van der Waals surface area contributed by atoms with Crippen LogP contribution in [0.4, 0.5) is 10.6 Å². The summed E-state index contributed by atoms with van der Waals surface area (Å²) in [5.74, 6) is 1.08. The van der Waals surface area contributed by atoms with E-state index in [9.17, 15) is 9.90 Å². The summed E-state index contributed by atoms with van der Waals surface area (Å²) in [6, 6.07) is 11.4. The van der Waals surface area contributed by atoms with Gasteiger partial charge in [-0.1, -0.05) is 35.5 Å². The summed E-state index contributed by atoms with van der Waals surface area (Å²) < 4.78 is 4.92. The Balaban J connectivity index is 1.59. The topological polar surface area (TPSA) is 78.6 Å². The van der Waals surface area contributed by atoms with Gasteiger partial charge in [0.15, 0.2) is 5.82 Å². The van der Waals surface area contributed by atoms with Crippen molar-refractivity contribution >= 4 is 11.8 Å². The van der Waals surface area contributed by atoms with Crippen LogP contribution in [0.15, 0.2) is 40.9 Å². The molecular weight excluding hydrogens is 282 g/mol. The van der Waals surface area contributed by atoms with E-state index in [-0.39, 0.29) is 11.9 Å². The maximum atomic E-state index is 12.2. The molecule has 22 heavy (non-hydrogen) atoms. The zero-order valence-corrected chi connectivity index (χ0v) is 12.4. The number of carbonyl (C=O) groups is 1. The van der Waals surface area contributed by atoms with Gasteiger partial charge in [0.05, 0.1) is 6.10 Å². The second-order valence-corrected chi connectivity index (χ2v) is 5.68. The van der Waals surface area contributed by atoms with Gasteiger partial charge < -0.3 is 14.5 Å². The molecule has 0 aliphatic carbocycles. The first-order valence-electron chi connectivity index (χ1n) is 7.33. The number of benzene rings is 1. The van der Waals surface area contributed by atoms with Gasteiger partial charge in [-0.2, -0.15) is 0 Å². The quantitative estimate of drug-likeness (QED) is 0.909. The van der Waals surface area contributed by atoms with Crippen molar-refractivity contribution < 1.29 is 14.4 Å². The van der Waals surface area contributed by atoms with Gasteiger partial charge in [0, 0.05) is 25.1 Å². The molecule has 1 saturated heterocycles. The molecule has 0 radical (unpaired) electrons. The molecule has 2 aromatic rings. The summed E-state index contributed by atoms with van der Waals surface area (Å²) in [4.78, 5) is 13.8. The van der Waals surface area contributed by atoms with Crippen LogP contribution in [0.5, 0.6) is 0 Å². The molecule has 1 aromatic carbocycles. The predicted molar refractivity (Wildman–Crippen MR) is 81.5 cm³/mol. The Kier molecular flexibility index (Phi) is 4.11. The fourth-order valence-corrected chi connectivity index (χ4v) is 2.75. The number of aliphatic hydroxyl groups excluding tert-OH is 1. The molecule has 6 nitrogen and oxygen atoms in total. The average molecular weight is 301 g/mol. The molecule has 2 atom stereocenters. The number of likely N-dealkylation sites (tertiary alicyclic amines) is 1. The van der Waals surface area contributed by atoms with E-state index in [0.717, 1.165) is 6.42 Å². The van der Waals surface area contributed by atoms with Crippen molar-refractivity contribution in [1.82, 2.24) is 10.1 Å². The lowest BCUT2D eigenvalue weighted by Gasteiger charge is -2.15. The fourth-order valence-electron chi connectivity index (χ4n) is 2.75. The van der Waals surface area contributed by atoms with Gasteiger partial charge in [-0.15, -0.1) is 0 Å². The van der Waals surface area contributed by atoms with E-state index in [4.69, 9.17) is 4.52 Å². The first-order valence-corrected chi connectivity index (χ1v) is 7.33. The zero-order chi connectivity index (χ0) is 15.5. The van der Waals surface area contributed by atoms with E-state index in [2.05, 4.69) is 10.5 Å². The molecule has 1 aromatic heterocycles. The standard InChI is InChI=1S/C16H19N3O3/c1-11-7-15(18-22-11)17-16(21)19-9-13(14(20)10-19)8-12-5-3-2-4-6-12/h2-7,13-14,20H,8-10H2,1H3,(H,17,18,21)/t13-,14-/m0/s1. The van der Waals surface area contributed by atoms with E-state index in [1.807, 2.05) is 30.3 Å². The minimum atomic E-state index is -0.509. The number of β-amino-alcohol motifs (C(OH)–C–C–N with tert-alkyl or cyclic N) is 1. The summed E-state index contributed by atoms with van der Waals surface area (Å²) in [5.41, 5.74) is 1.17. The number of anilines is 1. The van der Waals surface area contributed by atoms with E-state index in [1.54, 1.807) is 17.9 Å². The minimum Gasteiger partial charge on any atom is -0.391 e. The van der Waals surface area contributed by atoms with Gasteiger partial charge >= 0.3 is 6.03 Å². The number of aryl methyl sites for hydroxylation is 1. The molecule has 1 aliphatic rings. The number of aromatic nitrogens is 1. The van der Waals surface area contributed by atoms with Crippen LogP contribution < -0.4 is 5.32 Å². The molecule has 0 saturated carbocycles. The lowest BCUT2D eigenvalue weighted by Crippen LogP contribution is -2.33. The molecule has 2 heterocycles. The first-order chi connectivity index (χ1) is 10.6. The van der Waals surface area contributed by atoms with Crippen molar-refractivity contribution in [2.75, 3.05) is 18.4 Å². The highest BCUT2D eigenvalue weighted by atomic mass is 16.5. The second-order valence-electron chi connectivity index (χ2n) is 5.68. The molecule has 1 fully saturated rings. The molecule has 2 N–H and O–H groups in total. The van der Waals surface area contributed by atoms with Crippen molar-refractivity contribution in [2.24, 2.45) is 5.92 Å². The third kappa shape index (κ3) is 3.28. The lowest BCUT2D eigenvalue weighted by molar-refractivity contribution is 0.143. The zero-order valence-electron chi connectivity index (χ0n) is 12.4. The number of hydrogen-bond acceptors (Lipinski definition) is 4. The van der Waals surface area contributed by atoms with Crippen LogP contribution in [-0.4, -0.2) is 40.4 Å². The van der Waals surface area contributed by atoms with Crippen LogP contribution in [0.2, 0.25) is 0 Å². The summed E-state index contributed by atoms with van der Waals surface area (Å²) in [5, 5.41) is 16.6. The third-order valence-electron chi connectivity index (χ3n) is 3.90. The highest BCUT2D eigenvalue weighted by molar-refractivity contribution is 5.88. The highest BCUT2D eigenvalue weighted by Crippen LogP contribution is 2.22. The van der Waals surface area contributed by atoms with Crippen molar-refractivity contribution in [1.29, 1.82) is 0 Å². The molecule has 0 spiro atoms. The minimum absolute atomic E-state index is 0.0483. The maximum Gasteiger partial charge on any atom is 0.323 e. The fraction of sp³-hybridized carbons (Fsp3) is 0.375. The van der Waals surface area contributed by atoms with E-state index >= 15 is 0 Å². The van der Waals surface area contributed by atoms with E-state index < -0.39 is 6.10 Å². The van der Waals surface area contributed by atoms with Gasteiger partial charge in [0.1, 0.15) is 5.76 Å². The molecule has 3 rings (SSSR count). The number of carbonyl (C=O) groups excluding carboxylic acids is 1. The third-order valence-corrected chi connectivity index (χ3v) is 3.90. The Hall–Kier alpha value is -2.34. The van der Waals surface area contributed by atoms with Gasteiger partial charge in [0.2, 0.25) is 0 Å². The van der Waals surface area contributed by atoms with Crippen LogP contribution in [-0.2, 0) is 6.42 Å². The van der Waals surface area contributed by atoms with Crippen LogP contribution in [0.3, 0.4) is 0 Å². The molecule has 1 aliphatic heterocycles. The van der Waals surface area contributed by atoms with Gasteiger partial charge in [-0.3, -0.25) is 5.32 Å². The molecule has 116 valence electrons. The van der Waals surface area contributed by atoms with Gasteiger partial charge in [-0.25, -0.2) is 4.79 Å². The molecule has 0 unspecified atom stereocenters. The summed E-state index contributed by atoms with van der Waals surface area (Å²) >= 11 is 0. The largest absolute Gasteiger partial charge is 0.391 e. The number of urea groups is 1. The normalized spacial score (nSPS) is 21.1. The maximum absolute atomic E-state index is 12.2. The Morgan fingerprint density at radius 3 is 2.86 bits per heavy atom. The summed E-state index contributed by atoms with van der Waals surface area (Å²) in [6.45, 7) is 2.62. The summed E-state index contributed by atoms with van der Waals surface area (Å²) in [6.07, 6.45) is 0.250. The number of aliphatic hydroxyl groups is 1. The summed E-state index contributed by atoms with van der Waals surface area (Å²) in [7, 11) is 0. The molecular formula is C16H19N3O3. The van der Waals surface area contributed by atoms with Crippen LogP contribution in [0.1, 0.15) is 11.3 Å². The van der Waals surface area contributed by atoms with Crippen LogP contribution in [0.25, 0.3) is 0 Å².